The van der Waals surface area contributed by atoms with Gasteiger partial charge >= 0.3 is 6.01 Å². The second-order valence-corrected chi connectivity index (χ2v) is 9.80. The van der Waals surface area contributed by atoms with Crippen LogP contribution in [0.3, 0.4) is 0 Å². The molecule has 0 radical (unpaired) electrons. The lowest BCUT2D eigenvalue weighted by molar-refractivity contribution is 0.301. The average Bonchev–Trinajstić information content (AvgIpc) is 3.17. The quantitative estimate of drug-likeness (QED) is 0.480. The zero-order chi connectivity index (χ0) is 23.5. The molecule has 0 unspecified atom stereocenters. The molecule has 9 heteroatoms. The Labute approximate surface area is 192 Å². The molecule has 0 saturated carbocycles. The highest BCUT2D eigenvalue weighted by Crippen LogP contribution is 2.38. The predicted octanol–water partition coefficient (Wildman–Crippen LogP) is 4.59. The molecule has 0 fully saturated rings. The van der Waals surface area contributed by atoms with Gasteiger partial charge in [0, 0.05) is 5.41 Å². The Kier molecular flexibility index (Phi) is 6.72. The topological polar surface area (TPSA) is 90.7 Å². The van der Waals surface area contributed by atoms with Crippen molar-refractivity contribution in [3.8, 4) is 23.8 Å². The maximum absolute atomic E-state index is 11.2. The smallest absolute Gasteiger partial charge is 0.308 e. The Morgan fingerprint density at radius 1 is 1.22 bits per heavy atom. The molecule has 0 atom stereocenters. The van der Waals surface area contributed by atoms with Crippen LogP contribution >= 0.6 is 11.6 Å². The maximum atomic E-state index is 11.2. The lowest BCUT2D eigenvalue weighted by Crippen LogP contribution is -2.19. The molecule has 3 aromatic rings. The summed E-state index contributed by atoms with van der Waals surface area (Å²) in [7, 11) is -1.92. The maximum Gasteiger partial charge on any atom is 0.308 e. The number of methoxy groups -OCH3 is 1. The van der Waals surface area contributed by atoms with E-state index < -0.39 is 10.0 Å². The third-order valence-corrected chi connectivity index (χ3v) is 5.74. The first-order chi connectivity index (χ1) is 15.0. The molecular formula is C23H23ClN2O5S. The normalized spacial score (nSPS) is 11.6. The summed E-state index contributed by atoms with van der Waals surface area (Å²) in [5, 5.41) is 0.461. The van der Waals surface area contributed by atoms with Crippen LogP contribution in [-0.4, -0.2) is 26.8 Å². The number of ether oxygens (including phenoxy) is 2. The first-order valence-corrected chi connectivity index (χ1v) is 11.8. The first-order valence-electron chi connectivity index (χ1n) is 9.53. The second kappa shape index (κ2) is 9.15. The van der Waals surface area contributed by atoms with Gasteiger partial charge in [-0.2, -0.15) is 4.98 Å². The summed E-state index contributed by atoms with van der Waals surface area (Å²) >= 11 is 6.38. The van der Waals surface area contributed by atoms with Crippen LogP contribution < -0.4 is 14.2 Å². The van der Waals surface area contributed by atoms with Crippen LogP contribution in [0.5, 0.6) is 11.5 Å². The van der Waals surface area contributed by atoms with Crippen LogP contribution in [0.1, 0.15) is 36.2 Å². The highest BCUT2D eigenvalue weighted by molar-refractivity contribution is 7.91. The largest absolute Gasteiger partial charge is 0.494 e. The molecule has 0 saturated heterocycles. The molecule has 7 nitrogen and oxygen atoms in total. The predicted molar refractivity (Wildman–Crippen MR) is 124 cm³/mol. The van der Waals surface area contributed by atoms with Crippen molar-refractivity contribution >= 4 is 27.6 Å². The summed E-state index contributed by atoms with van der Waals surface area (Å²) in [4.78, 5) is 4.02. The van der Waals surface area contributed by atoms with Crippen molar-refractivity contribution in [2.45, 2.75) is 25.9 Å². The van der Waals surface area contributed by atoms with Crippen LogP contribution in [0.25, 0.3) is 0 Å². The van der Waals surface area contributed by atoms with E-state index in [1.165, 1.54) is 13.4 Å². The van der Waals surface area contributed by atoms with Crippen LogP contribution in [0.2, 0.25) is 5.02 Å². The Morgan fingerprint density at radius 3 is 2.50 bits per heavy atom. The summed E-state index contributed by atoms with van der Waals surface area (Å²) in [6.07, 6.45) is 7.98. The molecule has 0 aliphatic heterocycles. The van der Waals surface area contributed by atoms with E-state index in [9.17, 15) is 8.42 Å². The molecule has 1 N–H and O–H groups in total. The zero-order valence-electron chi connectivity index (χ0n) is 18.1. The van der Waals surface area contributed by atoms with Gasteiger partial charge in [0.15, 0.2) is 5.75 Å². The second-order valence-electron chi connectivity index (χ2n) is 7.64. The fourth-order valence-electron chi connectivity index (χ4n) is 3.14. The number of aromatic nitrogens is 1. The molecule has 0 aliphatic carbocycles. The number of halogens is 1. The van der Waals surface area contributed by atoms with Crippen molar-refractivity contribution in [3.63, 3.8) is 0 Å². The van der Waals surface area contributed by atoms with E-state index in [4.69, 9.17) is 31.9 Å². The third-order valence-electron chi connectivity index (χ3n) is 4.91. The highest BCUT2D eigenvalue weighted by Gasteiger charge is 2.25. The number of nitrogens with zero attached hydrogens (tertiary/aromatic N) is 1. The fourth-order valence-corrected chi connectivity index (χ4v) is 3.85. The van der Waals surface area contributed by atoms with Gasteiger partial charge in [0.05, 0.1) is 24.0 Å². The number of oxazole rings is 1. The molecule has 0 amide bonds. The lowest BCUT2D eigenvalue weighted by atomic mass is 9.77. The van der Waals surface area contributed by atoms with E-state index in [1.54, 1.807) is 0 Å². The van der Waals surface area contributed by atoms with Crippen molar-refractivity contribution in [3.05, 3.63) is 70.1 Å². The molecule has 32 heavy (non-hydrogen) atoms. The summed E-state index contributed by atoms with van der Waals surface area (Å²) < 4.78 is 40.7. The third kappa shape index (κ3) is 5.36. The van der Waals surface area contributed by atoms with E-state index in [2.05, 4.69) is 29.5 Å². The molecule has 168 valence electrons. The Bertz CT molecular complexity index is 1260. The van der Waals surface area contributed by atoms with Crippen molar-refractivity contribution in [1.82, 2.24) is 4.98 Å². The SMILES string of the molecule is C#Cc1cc(C(C)(C)c2ccc(OCc3coc(NS(C)(=O)=O)n3)cc2)cc(Cl)c1OC. The van der Waals surface area contributed by atoms with Crippen LogP contribution in [-0.2, 0) is 22.0 Å². The van der Waals surface area contributed by atoms with E-state index in [-0.39, 0.29) is 18.0 Å². The minimum Gasteiger partial charge on any atom is -0.494 e. The number of anilines is 1. The number of hydrogen-bond donors (Lipinski definition) is 1. The molecule has 2 aromatic carbocycles. The van der Waals surface area contributed by atoms with Crippen LogP contribution in [0.4, 0.5) is 6.01 Å². The van der Waals surface area contributed by atoms with Gasteiger partial charge in [-0.3, -0.25) is 0 Å². The Hall–Kier alpha value is -3.15. The van der Waals surface area contributed by atoms with Crippen molar-refractivity contribution in [2.24, 2.45) is 0 Å². The monoisotopic (exact) mass is 474 g/mol. The lowest BCUT2D eigenvalue weighted by Gasteiger charge is -2.27. The van der Waals surface area contributed by atoms with Crippen molar-refractivity contribution in [1.29, 1.82) is 0 Å². The van der Waals surface area contributed by atoms with E-state index in [0.717, 1.165) is 17.4 Å². The number of terminal acetylenes is 1. The number of hydrogen-bond acceptors (Lipinski definition) is 6. The molecule has 1 aromatic heterocycles. The Balaban J connectivity index is 1.74. The molecule has 0 spiro atoms. The molecule has 0 bridgehead atoms. The molecule has 3 rings (SSSR count). The fraction of sp³-hybridized carbons (Fsp3) is 0.261. The van der Waals surface area contributed by atoms with Gasteiger partial charge in [-0.25, -0.2) is 13.1 Å². The van der Waals surface area contributed by atoms with Crippen LogP contribution in [0.15, 0.2) is 47.1 Å². The minimum atomic E-state index is -3.46. The van der Waals surface area contributed by atoms with Gasteiger partial charge < -0.3 is 13.9 Å². The molecule has 0 aliphatic rings. The van der Waals surface area contributed by atoms with Gasteiger partial charge in [0.2, 0.25) is 10.0 Å². The van der Waals surface area contributed by atoms with Gasteiger partial charge in [0.25, 0.3) is 0 Å². The van der Waals surface area contributed by atoms with Gasteiger partial charge in [-0.1, -0.05) is 43.5 Å². The van der Waals surface area contributed by atoms with Gasteiger partial charge in [-0.15, -0.1) is 6.42 Å². The van der Waals surface area contributed by atoms with Gasteiger partial charge in [-0.05, 0) is 35.4 Å². The summed E-state index contributed by atoms with van der Waals surface area (Å²) in [5.74, 6) is 3.74. The minimum absolute atomic E-state index is 0.104. The van der Waals surface area contributed by atoms with Crippen molar-refractivity contribution < 1.29 is 22.3 Å². The standard InChI is InChI=1S/C23H23ClN2O5S/c1-6-15-11-17(12-20(24)21(15)29-4)23(2,3)16-7-9-19(10-8-16)30-13-18-14-31-22(25-18)26-32(5,27)28/h1,7-12,14H,13H2,2-5H3,(H,25,26). The van der Waals surface area contributed by atoms with E-state index in [1.807, 2.05) is 36.4 Å². The van der Waals surface area contributed by atoms with Crippen molar-refractivity contribution in [2.75, 3.05) is 18.1 Å². The number of nitrogens with one attached hydrogen (secondary N) is 1. The number of benzene rings is 2. The Morgan fingerprint density at radius 2 is 1.91 bits per heavy atom. The highest BCUT2D eigenvalue weighted by atomic mass is 35.5. The van der Waals surface area contributed by atoms with E-state index in [0.29, 0.717) is 27.8 Å². The zero-order valence-corrected chi connectivity index (χ0v) is 19.7. The van der Waals surface area contributed by atoms with E-state index >= 15 is 0 Å². The molecular weight excluding hydrogens is 452 g/mol. The molecule has 1 heterocycles. The van der Waals surface area contributed by atoms with Gasteiger partial charge in [0.1, 0.15) is 24.3 Å². The average molecular weight is 475 g/mol. The summed E-state index contributed by atoms with van der Waals surface area (Å²) in [5.41, 5.74) is 2.67. The number of sulfonamides is 1. The summed E-state index contributed by atoms with van der Waals surface area (Å²) in [6, 6.07) is 11.3. The summed E-state index contributed by atoms with van der Waals surface area (Å²) in [6.45, 7) is 4.28. The van der Waals surface area contributed by atoms with Crippen LogP contribution in [0, 0.1) is 12.3 Å². The number of rotatable bonds is 8. The first kappa shape index (κ1) is 23.5.